The topological polar surface area (TPSA) is 102 Å². The molecule has 0 bridgehead atoms. The first kappa shape index (κ1) is 20.4. The van der Waals surface area contributed by atoms with Crippen LogP contribution in [-0.2, 0) is 16.1 Å². The number of fused-ring (bicyclic) bond motifs is 4. The molecule has 2 amide bonds. The molecule has 2 atom stereocenters. The molecule has 172 valence electrons. The normalized spacial score (nSPS) is 24.7. The van der Waals surface area contributed by atoms with Gasteiger partial charge in [-0.25, -0.2) is 18.9 Å². The minimum absolute atomic E-state index is 0.0318. The lowest BCUT2D eigenvalue weighted by atomic mass is 9.82. The number of hydrogen-bond donors (Lipinski definition) is 1. The third-order valence-corrected chi connectivity index (χ3v) is 7.48. The molecule has 3 aliphatic rings. The molecule has 3 aromatic rings. The monoisotopic (exact) mass is 448 g/mol. The maximum Gasteiger partial charge on any atom is 0.352 e. The predicted octanol–water partition coefficient (Wildman–Crippen LogP) is 1.97. The zero-order valence-corrected chi connectivity index (χ0v) is 19.0. The molecular formula is C24H28N6O3. The number of hydrogen-bond acceptors (Lipinski definition) is 5. The Morgan fingerprint density at radius 3 is 2.67 bits per heavy atom. The van der Waals surface area contributed by atoms with E-state index in [1.54, 1.807) is 23.1 Å². The maximum absolute atomic E-state index is 13.6. The molecule has 0 spiro atoms. The van der Waals surface area contributed by atoms with E-state index in [-0.39, 0.29) is 42.1 Å². The van der Waals surface area contributed by atoms with Gasteiger partial charge in [0.05, 0.1) is 11.6 Å². The summed E-state index contributed by atoms with van der Waals surface area (Å²) < 4.78 is 2.82. The van der Waals surface area contributed by atoms with Crippen molar-refractivity contribution in [2.24, 2.45) is 0 Å². The first-order chi connectivity index (χ1) is 15.9. The van der Waals surface area contributed by atoms with Gasteiger partial charge in [-0.05, 0) is 51.7 Å². The van der Waals surface area contributed by atoms with Gasteiger partial charge in [0, 0.05) is 17.3 Å². The van der Waals surface area contributed by atoms with Crippen molar-refractivity contribution in [2.75, 3.05) is 0 Å². The number of rotatable bonds is 3. The smallest absolute Gasteiger partial charge is 0.349 e. The van der Waals surface area contributed by atoms with Crippen molar-refractivity contribution in [1.29, 1.82) is 0 Å². The molecule has 2 aliphatic carbocycles. The molecule has 2 saturated carbocycles. The minimum Gasteiger partial charge on any atom is -0.349 e. The Morgan fingerprint density at radius 2 is 1.88 bits per heavy atom. The van der Waals surface area contributed by atoms with Crippen LogP contribution in [0.5, 0.6) is 0 Å². The second-order valence-electron chi connectivity index (χ2n) is 10.1. The first-order valence-corrected chi connectivity index (χ1v) is 11.9. The lowest BCUT2D eigenvalue weighted by Crippen LogP contribution is -2.72. The zero-order valence-electron chi connectivity index (χ0n) is 19.0. The molecular weight excluding hydrogens is 420 g/mol. The molecule has 1 aromatic carbocycles. The van der Waals surface area contributed by atoms with E-state index < -0.39 is 5.54 Å². The van der Waals surface area contributed by atoms with E-state index in [1.807, 2.05) is 24.3 Å². The Morgan fingerprint density at radius 1 is 1.12 bits per heavy atom. The average molecular weight is 449 g/mol. The number of amides is 2. The van der Waals surface area contributed by atoms with Crippen LogP contribution >= 0.6 is 0 Å². The average Bonchev–Trinajstić information content (AvgIpc) is 3.59. The molecule has 1 saturated heterocycles. The number of carbonyl (C=O) groups is 2. The minimum atomic E-state index is -0.980. The Bertz CT molecular complexity index is 1350. The highest BCUT2D eigenvalue weighted by molar-refractivity contribution is 5.93. The van der Waals surface area contributed by atoms with Gasteiger partial charge in [0.15, 0.2) is 5.65 Å². The van der Waals surface area contributed by atoms with Crippen molar-refractivity contribution in [3.8, 4) is 0 Å². The fraction of sp³-hybridized carbons (Fsp3) is 0.542. The van der Waals surface area contributed by atoms with Gasteiger partial charge >= 0.3 is 5.69 Å². The molecule has 0 radical (unpaired) electrons. The van der Waals surface area contributed by atoms with Crippen LogP contribution in [0.3, 0.4) is 0 Å². The van der Waals surface area contributed by atoms with Gasteiger partial charge in [0.2, 0.25) is 11.8 Å². The van der Waals surface area contributed by atoms with Crippen molar-refractivity contribution in [2.45, 2.75) is 82.5 Å². The molecule has 1 N–H and O–H groups in total. The van der Waals surface area contributed by atoms with Gasteiger partial charge < -0.3 is 10.2 Å². The summed E-state index contributed by atoms with van der Waals surface area (Å²) in [5, 5.41) is 8.49. The van der Waals surface area contributed by atoms with E-state index in [2.05, 4.69) is 10.4 Å². The van der Waals surface area contributed by atoms with Gasteiger partial charge in [0.25, 0.3) is 0 Å². The molecule has 9 heteroatoms. The van der Waals surface area contributed by atoms with Crippen LogP contribution in [-0.4, -0.2) is 53.5 Å². The second-order valence-corrected chi connectivity index (χ2v) is 10.1. The summed E-state index contributed by atoms with van der Waals surface area (Å²) in [6.07, 6.45) is 5.77. The van der Waals surface area contributed by atoms with Gasteiger partial charge in [-0.3, -0.25) is 9.59 Å². The van der Waals surface area contributed by atoms with Crippen molar-refractivity contribution in [3.63, 3.8) is 0 Å². The molecule has 3 heterocycles. The lowest BCUT2D eigenvalue weighted by molar-refractivity contribution is -0.158. The predicted molar refractivity (Wildman–Crippen MR) is 122 cm³/mol. The lowest BCUT2D eigenvalue weighted by Gasteiger charge is -2.52. The summed E-state index contributed by atoms with van der Waals surface area (Å²) >= 11 is 0. The second kappa shape index (κ2) is 7.13. The van der Waals surface area contributed by atoms with Gasteiger partial charge in [0.1, 0.15) is 17.9 Å². The van der Waals surface area contributed by atoms with Crippen LogP contribution in [0.2, 0.25) is 0 Å². The van der Waals surface area contributed by atoms with Gasteiger partial charge in [-0.15, -0.1) is 5.10 Å². The molecule has 1 aliphatic heterocycles. The first-order valence-electron chi connectivity index (χ1n) is 11.9. The van der Waals surface area contributed by atoms with Crippen LogP contribution in [0.4, 0.5) is 0 Å². The molecule has 6 rings (SSSR count). The Hall–Kier alpha value is -3.23. The fourth-order valence-corrected chi connectivity index (χ4v) is 5.60. The molecule has 9 nitrogen and oxygen atoms in total. The number of nitrogens with zero attached hydrogens (tertiary/aromatic N) is 5. The van der Waals surface area contributed by atoms with Crippen molar-refractivity contribution < 1.29 is 9.59 Å². The van der Waals surface area contributed by atoms with Crippen molar-refractivity contribution in [3.05, 3.63) is 40.6 Å². The number of benzene rings is 1. The quantitative estimate of drug-likeness (QED) is 0.660. The fourth-order valence-electron chi connectivity index (χ4n) is 5.60. The molecule has 33 heavy (non-hydrogen) atoms. The highest BCUT2D eigenvalue weighted by Gasteiger charge is 2.50. The van der Waals surface area contributed by atoms with E-state index in [0.717, 1.165) is 55.3 Å². The van der Waals surface area contributed by atoms with E-state index >= 15 is 0 Å². The van der Waals surface area contributed by atoms with Crippen LogP contribution in [0.15, 0.2) is 29.1 Å². The number of aromatic nitrogens is 4. The van der Waals surface area contributed by atoms with E-state index in [4.69, 9.17) is 4.98 Å². The third kappa shape index (κ3) is 3.08. The van der Waals surface area contributed by atoms with Crippen molar-refractivity contribution >= 4 is 28.4 Å². The van der Waals surface area contributed by atoms with Crippen LogP contribution in [0.25, 0.3) is 16.6 Å². The number of carbonyl (C=O) groups excluding carboxylic acids is 2. The largest absolute Gasteiger partial charge is 0.352 e. The van der Waals surface area contributed by atoms with E-state index in [9.17, 15) is 14.4 Å². The van der Waals surface area contributed by atoms with Gasteiger partial charge in [-0.1, -0.05) is 25.0 Å². The molecule has 2 aromatic heterocycles. The van der Waals surface area contributed by atoms with E-state index in [0.29, 0.717) is 5.65 Å². The van der Waals surface area contributed by atoms with Gasteiger partial charge in [-0.2, -0.15) is 0 Å². The molecule has 3 fully saturated rings. The summed E-state index contributed by atoms with van der Waals surface area (Å²) in [4.78, 5) is 46.3. The summed E-state index contributed by atoms with van der Waals surface area (Å²) in [7, 11) is 0. The summed E-state index contributed by atoms with van der Waals surface area (Å²) in [5.41, 5.74) is 0.00454. The summed E-state index contributed by atoms with van der Waals surface area (Å²) in [6, 6.07) is 7.55. The molecule has 0 unspecified atom stereocenters. The van der Waals surface area contributed by atoms with Crippen LogP contribution in [0.1, 0.15) is 64.1 Å². The third-order valence-electron chi connectivity index (χ3n) is 7.48. The summed E-state index contributed by atoms with van der Waals surface area (Å²) in [5.74, 6) is 0.573. The Labute approximate surface area is 190 Å². The Kier molecular flexibility index (Phi) is 4.41. The number of piperazine rings is 1. The van der Waals surface area contributed by atoms with Crippen molar-refractivity contribution in [1.82, 2.24) is 29.4 Å². The standard InChI is InChI=1S/C24H28N6O3/c1-24(2)22(32)26-17-9-5-6-10-18(17)30(24)19(31)13-28-23(33)29-20(14-11-12-14)25-16-8-4-3-7-15(16)21(29)27-28/h3-4,7-8,14,17-18H,5-6,9-13H2,1-2H3,(H,26,32)/t17-,18+/m0/s1. The SMILES string of the molecule is CC1(C)C(=O)N[C@H]2CCCC[C@H]2N1C(=O)Cn1nc2c3ccccc3nc(C3CC3)n2c1=O. The summed E-state index contributed by atoms with van der Waals surface area (Å²) in [6.45, 7) is 3.36. The zero-order chi connectivity index (χ0) is 22.9. The number of nitrogens with one attached hydrogen (secondary N) is 1. The maximum atomic E-state index is 13.6. The van der Waals surface area contributed by atoms with Crippen LogP contribution < -0.4 is 11.0 Å². The highest BCUT2D eigenvalue weighted by atomic mass is 16.2. The van der Waals surface area contributed by atoms with Crippen LogP contribution in [0, 0.1) is 0 Å². The van der Waals surface area contributed by atoms with E-state index in [1.165, 1.54) is 4.68 Å². The number of para-hydroxylation sites is 1. The Balaban J connectivity index is 1.43. The highest BCUT2D eigenvalue weighted by Crippen LogP contribution is 2.39.